The van der Waals surface area contributed by atoms with Gasteiger partial charge in [0.1, 0.15) is 0 Å². The van der Waals surface area contributed by atoms with Gasteiger partial charge in [-0.05, 0) is 32.4 Å². The minimum absolute atomic E-state index is 0.250. The lowest BCUT2D eigenvalue weighted by Gasteiger charge is -2.35. The molecule has 0 aliphatic carbocycles. The number of hydrogen-bond acceptors (Lipinski definition) is 4. The largest absolute Gasteiger partial charge is 0.493 e. The molecule has 1 saturated heterocycles. The van der Waals surface area contributed by atoms with E-state index in [1.165, 1.54) is 0 Å². The predicted octanol–water partition coefficient (Wildman–Crippen LogP) is 2.05. The van der Waals surface area contributed by atoms with E-state index in [1.54, 1.807) is 14.2 Å². The lowest BCUT2D eigenvalue weighted by molar-refractivity contribution is 0.127. The van der Waals surface area contributed by atoms with E-state index >= 15 is 0 Å². The first kappa shape index (κ1) is 13.0. The van der Waals surface area contributed by atoms with E-state index in [9.17, 15) is 5.11 Å². The van der Waals surface area contributed by atoms with E-state index in [4.69, 9.17) is 9.47 Å². The van der Waals surface area contributed by atoms with Gasteiger partial charge >= 0.3 is 0 Å². The van der Waals surface area contributed by atoms with Gasteiger partial charge in [-0.3, -0.25) is 0 Å². The molecule has 4 heteroatoms. The van der Waals surface area contributed by atoms with Crippen LogP contribution in [0.25, 0.3) is 0 Å². The second kappa shape index (κ2) is 4.69. The van der Waals surface area contributed by atoms with E-state index in [2.05, 4.69) is 18.7 Å². The molecule has 1 aromatic carbocycles. The van der Waals surface area contributed by atoms with Crippen molar-refractivity contribution in [1.29, 1.82) is 0 Å². The van der Waals surface area contributed by atoms with Crippen LogP contribution in [0.15, 0.2) is 18.2 Å². The molecule has 1 aliphatic heterocycles. The van der Waals surface area contributed by atoms with Crippen LogP contribution in [0, 0.1) is 0 Å². The van der Waals surface area contributed by atoms with Crippen molar-refractivity contribution < 1.29 is 14.6 Å². The quantitative estimate of drug-likeness (QED) is 0.893. The lowest BCUT2D eigenvalue weighted by Crippen LogP contribution is -2.45. The van der Waals surface area contributed by atoms with Crippen molar-refractivity contribution in [3.63, 3.8) is 0 Å². The minimum Gasteiger partial charge on any atom is -0.493 e. The average Bonchev–Trinajstić information content (AvgIpc) is 2.63. The van der Waals surface area contributed by atoms with E-state index in [-0.39, 0.29) is 11.6 Å². The van der Waals surface area contributed by atoms with E-state index in [0.29, 0.717) is 5.75 Å². The molecule has 18 heavy (non-hydrogen) atoms. The Morgan fingerprint density at radius 2 is 1.89 bits per heavy atom. The second-order valence-electron chi connectivity index (χ2n) is 5.15. The number of hydrogen-bond donors (Lipinski definition) is 1. The van der Waals surface area contributed by atoms with Gasteiger partial charge in [0, 0.05) is 18.3 Å². The van der Waals surface area contributed by atoms with Crippen LogP contribution in [-0.2, 0) is 0 Å². The third-order valence-corrected chi connectivity index (χ3v) is 3.82. The molecule has 2 rings (SSSR count). The number of anilines is 1. The van der Waals surface area contributed by atoms with Crippen molar-refractivity contribution in [3.05, 3.63) is 18.2 Å². The maximum Gasteiger partial charge on any atom is 0.162 e. The van der Waals surface area contributed by atoms with Crippen LogP contribution in [-0.4, -0.2) is 37.5 Å². The normalized spacial score (nSPS) is 22.1. The van der Waals surface area contributed by atoms with Crippen LogP contribution >= 0.6 is 0 Å². The van der Waals surface area contributed by atoms with Crippen molar-refractivity contribution in [2.24, 2.45) is 0 Å². The molecule has 1 aromatic rings. The van der Waals surface area contributed by atoms with Gasteiger partial charge in [-0.15, -0.1) is 0 Å². The van der Waals surface area contributed by atoms with Crippen LogP contribution in [0.4, 0.5) is 5.69 Å². The second-order valence-corrected chi connectivity index (χ2v) is 5.15. The van der Waals surface area contributed by atoms with Crippen LogP contribution in [0.1, 0.15) is 20.3 Å². The number of rotatable bonds is 3. The zero-order valence-electron chi connectivity index (χ0n) is 11.4. The molecule has 1 heterocycles. The number of aliphatic hydroxyl groups is 1. The van der Waals surface area contributed by atoms with Crippen LogP contribution in [0.3, 0.4) is 0 Å². The zero-order chi connectivity index (χ0) is 13.3. The first-order valence-corrected chi connectivity index (χ1v) is 6.18. The minimum atomic E-state index is -0.300. The maximum atomic E-state index is 10.0. The summed E-state index contributed by atoms with van der Waals surface area (Å²) in [6.07, 6.45) is 0.493. The standard InChI is InChI=1S/C14H21NO3/c1-14(2)13(16)7-8-15(14)10-5-6-11(17-3)12(9-10)18-4/h5-6,9,13,16H,7-8H2,1-4H3. The highest BCUT2D eigenvalue weighted by atomic mass is 16.5. The molecule has 1 atom stereocenters. The molecule has 1 unspecified atom stereocenters. The molecular formula is C14H21NO3. The Labute approximate surface area is 108 Å². The molecule has 0 saturated carbocycles. The fourth-order valence-corrected chi connectivity index (χ4v) is 2.53. The molecule has 0 bridgehead atoms. The SMILES string of the molecule is COc1ccc(N2CCC(O)C2(C)C)cc1OC. The summed E-state index contributed by atoms with van der Waals surface area (Å²) in [5, 5.41) is 10.0. The van der Waals surface area contributed by atoms with Gasteiger partial charge in [0.25, 0.3) is 0 Å². The lowest BCUT2D eigenvalue weighted by atomic mass is 9.98. The fourth-order valence-electron chi connectivity index (χ4n) is 2.53. The molecule has 0 amide bonds. The summed E-state index contributed by atoms with van der Waals surface area (Å²) in [4.78, 5) is 2.21. The van der Waals surface area contributed by atoms with Crippen LogP contribution in [0.5, 0.6) is 11.5 Å². The summed E-state index contributed by atoms with van der Waals surface area (Å²) >= 11 is 0. The number of benzene rings is 1. The number of methoxy groups -OCH3 is 2. The Morgan fingerprint density at radius 3 is 2.39 bits per heavy atom. The summed E-state index contributed by atoms with van der Waals surface area (Å²) in [6.45, 7) is 4.96. The fraction of sp³-hybridized carbons (Fsp3) is 0.571. The number of nitrogens with zero attached hydrogens (tertiary/aromatic N) is 1. The van der Waals surface area contributed by atoms with Gasteiger partial charge in [0.2, 0.25) is 0 Å². The van der Waals surface area contributed by atoms with Gasteiger partial charge in [-0.1, -0.05) is 0 Å². The smallest absolute Gasteiger partial charge is 0.162 e. The Morgan fingerprint density at radius 1 is 1.22 bits per heavy atom. The molecule has 0 radical (unpaired) electrons. The van der Waals surface area contributed by atoms with Gasteiger partial charge in [-0.25, -0.2) is 0 Å². The van der Waals surface area contributed by atoms with E-state index in [0.717, 1.165) is 24.4 Å². The number of ether oxygens (including phenoxy) is 2. The third kappa shape index (κ3) is 2.01. The van der Waals surface area contributed by atoms with Gasteiger partial charge < -0.3 is 19.5 Å². The Kier molecular flexibility index (Phi) is 3.39. The summed E-state index contributed by atoms with van der Waals surface area (Å²) in [5.74, 6) is 1.44. The Bertz CT molecular complexity index is 431. The highest BCUT2D eigenvalue weighted by Gasteiger charge is 2.40. The molecule has 0 aromatic heterocycles. The first-order chi connectivity index (χ1) is 8.50. The van der Waals surface area contributed by atoms with Crippen molar-refractivity contribution in [2.45, 2.75) is 31.9 Å². The summed E-state index contributed by atoms with van der Waals surface area (Å²) in [7, 11) is 3.26. The van der Waals surface area contributed by atoms with E-state index < -0.39 is 0 Å². The van der Waals surface area contributed by atoms with Gasteiger partial charge in [0.05, 0.1) is 25.9 Å². The van der Waals surface area contributed by atoms with Crippen molar-refractivity contribution >= 4 is 5.69 Å². The van der Waals surface area contributed by atoms with Gasteiger partial charge in [0.15, 0.2) is 11.5 Å². The monoisotopic (exact) mass is 251 g/mol. The highest BCUT2D eigenvalue weighted by Crippen LogP contribution is 2.38. The highest BCUT2D eigenvalue weighted by molar-refractivity contribution is 5.58. The van der Waals surface area contributed by atoms with Crippen molar-refractivity contribution in [3.8, 4) is 11.5 Å². The van der Waals surface area contributed by atoms with Crippen molar-refractivity contribution in [1.82, 2.24) is 0 Å². The zero-order valence-corrected chi connectivity index (χ0v) is 11.4. The third-order valence-electron chi connectivity index (χ3n) is 3.82. The Hall–Kier alpha value is -1.42. The molecule has 4 nitrogen and oxygen atoms in total. The van der Waals surface area contributed by atoms with Gasteiger partial charge in [-0.2, -0.15) is 0 Å². The molecule has 1 N–H and O–H groups in total. The average molecular weight is 251 g/mol. The maximum absolute atomic E-state index is 10.0. The molecule has 1 fully saturated rings. The predicted molar refractivity (Wildman–Crippen MR) is 71.6 cm³/mol. The topological polar surface area (TPSA) is 41.9 Å². The molecule has 1 aliphatic rings. The number of aliphatic hydroxyl groups excluding tert-OH is 1. The summed E-state index contributed by atoms with van der Waals surface area (Å²) < 4.78 is 10.6. The summed E-state index contributed by atoms with van der Waals surface area (Å²) in [5.41, 5.74) is 0.800. The van der Waals surface area contributed by atoms with Crippen LogP contribution < -0.4 is 14.4 Å². The molecular weight excluding hydrogens is 230 g/mol. The summed E-state index contributed by atoms with van der Waals surface area (Å²) in [6, 6.07) is 5.86. The Balaban J connectivity index is 2.35. The van der Waals surface area contributed by atoms with E-state index in [1.807, 2.05) is 18.2 Å². The van der Waals surface area contributed by atoms with Crippen LogP contribution in [0.2, 0.25) is 0 Å². The molecule has 100 valence electrons. The first-order valence-electron chi connectivity index (χ1n) is 6.18. The van der Waals surface area contributed by atoms with Crippen molar-refractivity contribution in [2.75, 3.05) is 25.7 Å². The molecule has 0 spiro atoms.